The number of hydrogen-bond acceptors (Lipinski definition) is 4. The second-order valence-electron chi connectivity index (χ2n) is 4.05. The molecule has 0 saturated carbocycles. The Morgan fingerprint density at radius 1 is 1.20 bits per heavy atom. The Kier molecular flexibility index (Phi) is 3.80. The molecule has 3 N–H and O–H groups in total. The number of aromatic nitrogens is 2. The molecule has 0 radical (unpaired) electrons. The maximum atomic E-state index is 12.1. The van der Waals surface area contributed by atoms with E-state index in [1.807, 2.05) is 35.0 Å². The molecule has 0 aromatic carbocycles. The van der Waals surface area contributed by atoms with E-state index < -0.39 is 0 Å². The van der Waals surface area contributed by atoms with Crippen LogP contribution >= 0.6 is 22.7 Å². The Morgan fingerprint density at radius 3 is 2.40 bits per heavy atom. The van der Waals surface area contributed by atoms with Crippen LogP contribution in [0.5, 0.6) is 0 Å². The lowest BCUT2D eigenvalue weighted by molar-refractivity contribution is 0.250. The van der Waals surface area contributed by atoms with E-state index in [4.69, 9.17) is 0 Å². The summed E-state index contributed by atoms with van der Waals surface area (Å²) < 4.78 is 0. The van der Waals surface area contributed by atoms with E-state index in [-0.39, 0.29) is 12.1 Å². The van der Waals surface area contributed by atoms with Crippen LogP contribution in [0.2, 0.25) is 0 Å². The highest BCUT2D eigenvalue weighted by molar-refractivity contribution is 7.11. The number of H-pyrrole nitrogens is 1. The van der Waals surface area contributed by atoms with Gasteiger partial charge in [-0.3, -0.25) is 5.10 Å². The summed E-state index contributed by atoms with van der Waals surface area (Å²) in [7, 11) is 0. The Morgan fingerprint density at radius 2 is 1.90 bits per heavy atom. The lowest BCUT2D eigenvalue weighted by Gasteiger charge is -2.16. The van der Waals surface area contributed by atoms with Crippen LogP contribution in [0.15, 0.2) is 47.4 Å². The molecule has 20 heavy (non-hydrogen) atoms. The van der Waals surface area contributed by atoms with Crippen molar-refractivity contribution >= 4 is 34.4 Å². The molecule has 3 heterocycles. The highest BCUT2D eigenvalue weighted by Gasteiger charge is 2.18. The van der Waals surface area contributed by atoms with Gasteiger partial charge in [-0.25, -0.2) is 4.79 Å². The summed E-state index contributed by atoms with van der Waals surface area (Å²) in [4.78, 5) is 14.3. The monoisotopic (exact) mass is 304 g/mol. The maximum absolute atomic E-state index is 12.1. The van der Waals surface area contributed by atoms with Gasteiger partial charge in [0.1, 0.15) is 0 Å². The van der Waals surface area contributed by atoms with Crippen molar-refractivity contribution in [3.63, 3.8) is 0 Å². The van der Waals surface area contributed by atoms with Crippen molar-refractivity contribution in [1.29, 1.82) is 0 Å². The van der Waals surface area contributed by atoms with Crippen LogP contribution in [0.25, 0.3) is 0 Å². The van der Waals surface area contributed by atoms with Gasteiger partial charge >= 0.3 is 6.03 Å². The van der Waals surface area contributed by atoms with Crippen molar-refractivity contribution in [3.05, 3.63) is 57.2 Å². The average molecular weight is 304 g/mol. The van der Waals surface area contributed by atoms with Gasteiger partial charge in [0.25, 0.3) is 0 Å². The molecule has 0 unspecified atom stereocenters. The van der Waals surface area contributed by atoms with Crippen molar-refractivity contribution in [3.8, 4) is 0 Å². The number of carbonyl (C=O) groups excluding carboxylic acids is 1. The molecule has 0 spiro atoms. The predicted molar refractivity (Wildman–Crippen MR) is 81.2 cm³/mol. The summed E-state index contributed by atoms with van der Waals surface area (Å²) in [6.07, 6.45) is 3.19. The first kappa shape index (κ1) is 12.9. The SMILES string of the molecule is O=C(Nc1cn[nH]c1)NC(c1cccs1)c1cccs1. The fourth-order valence-electron chi connectivity index (χ4n) is 1.81. The minimum Gasteiger partial charge on any atom is -0.325 e. The van der Waals surface area contributed by atoms with Gasteiger partial charge in [0.2, 0.25) is 0 Å². The number of aromatic amines is 1. The summed E-state index contributed by atoms with van der Waals surface area (Å²) in [6, 6.07) is 7.63. The van der Waals surface area contributed by atoms with Crippen LogP contribution in [0, 0.1) is 0 Å². The number of hydrogen-bond donors (Lipinski definition) is 3. The molecule has 0 aliphatic heterocycles. The van der Waals surface area contributed by atoms with Gasteiger partial charge < -0.3 is 10.6 Å². The molecule has 0 bridgehead atoms. The van der Waals surface area contributed by atoms with Gasteiger partial charge in [0, 0.05) is 16.0 Å². The van der Waals surface area contributed by atoms with Gasteiger partial charge in [0.05, 0.1) is 17.9 Å². The molecular formula is C13H12N4OS2. The van der Waals surface area contributed by atoms with Gasteiger partial charge in [-0.05, 0) is 22.9 Å². The van der Waals surface area contributed by atoms with E-state index in [9.17, 15) is 4.79 Å². The number of rotatable bonds is 4. The average Bonchev–Trinajstić information content (AvgIpc) is 3.18. The molecule has 3 aromatic heterocycles. The number of amides is 2. The van der Waals surface area contributed by atoms with Crippen LogP contribution in [0.1, 0.15) is 15.8 Å². The highest BCUT2D eigenvalue weighted by Crippen LogP contribution is 2.29. The third-order valence-electron chi connectivity index (χ3n) is 2.69. The summed E-state index contributed by atoms with van der Waals surface area (Å²) in [6.45, 7) is 0. The fourth-order valence-corrected chi connectivity index (χ4v) is 3.47. The van der Waals surface area contributed by atoms with Crippen molar-refractivity contribution in [2.75, 3.05) is 5.32 Å². The van der Waals surface area contributed by atoms with Crippen LogP contribution in [0.4, 0.5) is 10.5 Å². The Bertz CT molecular complexity index is 612. The molecule has 2 amide bonds. The van der Waals surface area contributed by atoms with Crippen molar-refractivity contribution in [2.24, 2.45) is 0 Å². The zero-order valence-corrected chi connectivity index (χ0v) is 12.0. The van der Waals surface area contributed by atoms with E-state index in [1.165, 1.54) is 0 Å². The smallest absolute Gasteiger partial charge is 0.320 e. The number of thiophene rings is 2. The summed E-state index contributed by atoms with van der Waals surface area (Å²) in [5, 5.41) is 16.2. The topological polar surface area (TPSA) is 69.8 Å². The normalized spacial score (nSPS) is 10.7. The maximum Gasteiger partial charge on any atom is 0.320 e. The first-order valence-corrected chi connectivity index (χ1v) is 7.72. The summed E-state index contributed by atoms with van der Waals surface area (Å²) >= 11 is 3.25. The molecule has 0 fully saturated rings. The first-order chi connectivity index (χ1) is 9.83. The molecule has 102 valence electrons. The predicted octanol–water partition coefficient (Wildman–Crippen LogP) is 3.44. The van der Waals surface area contributed by atoms with Crippen molar-refractivity contribution in [1.82, 2.24) is 15.5 Å². The molecule has 5 nitrogen and oxygen atoms in total. The Labute approximate surface area is 123 Å². The Hall–Kier alpha value is -2.12. The van der Waals surface area contributed by atoms with Crippen LogP contribution in [0.3, 0.4) is 0 Å². The van der Waals surface area contributed by atoms with Gasteiger partial charge in [0.15, 0.2) is 0 Å². The molecule has 7 heteroatoms. The van der Waals surface area contributed by atoms with E-state index in [0.29, 0.717) is 5.69 Å². The number of urea groups is 1. The zero-order chi connectivity index (χ0) is 13.8. The number of carbonyl (C=O) groups is 1. The van der Waals surface area contributed by atoms with Gasteiger partial charge in [-0.1, -0.05) is 12.1 Å². The molecule has 0 aliphatic carbocycles. The number of nitrogens with zero attached hydrogens (tertiary/aromatic N) is 1. The minimum atomic E-state index is -0.252. The third-order valence-corrected chi connectivity index (χ3v) is 4.56. The number of nitrogens with one attached hydrogen (secondary N) is 3. The summed E-state index contributed by atoms with van der Waals surface area (Å²) in [5.41, 5.74) is 0.638. The summed E-state index contributed by atoms with van der Waals surface area (Å²) in [5.74, 6) is 0. The second kappa shape index (κ2) is 5.89. The standard InChI is InChI=1S/C13H12N4OS2/c18-13(16-9-7-14-15-8-9)17-12(10-3-1-5-19-10)11-4-2-6-20-11/h1-8,12H,(H,14,15)(H2,16,17,18). The molecule has 0 atom stereocenters. The molecule has 0 saturated heterocycles. The lowest BCUT2D eigenvalue weighted by atomic mass is 10.2. The van der Waals surface area contributed by atoms with E-state index in [2.05, 4.69) is 20.8 Å². The van der Waals surface area contributed by atoms with Crippen molar-refractivity contribution < 1.29 is 4.79 Å². The van der Waals surface area contributed by atoms with E-state index >= 15 is 0 Å². The Balaban J connectivity index is 1.75. The first-order valence-electron chi connectivity index (χ1n) is 5.96. The molecule has 3 aromatic rings. The van der Waals surface area contributed by atoms with Gasteiger partial charge in [-0.15, -0.1) is 22.7 Å². The van der Waals surface area contributed by atoms with Crippen molar-refractivity contribution in [2.45, 2.75) is 6.04 Å². The van der Waals surface area contributed by atoms with E-state index in [1.54, 1.807) is 35.1 Å². The zero-order valence-electron chi connectivity index (χ0n) is 10.4. The molecule has 0 aliphatic rings. The lowest BCUT2D eigenvalue weighted by Crippen LogP contribution is -2.32. The van der Waals surface area contributed by atoms with E-state index in [0.717, 1.165) is 9.75 Å². The molecule has 3 rings (SSSR count). The quantitative estimate of drug-likeness (QED) is 0.691. The minimum absolute atomic E-state index is 0.123. The highest BCUT2D eigenvalue weighted by atomic mass is 32.1. The molecular weight excluding hydrogens is 292 g/mol. The van der Waals surface area contributed by atoms with Crippen LogP contribution < -0.4 is 10.6 Å². The third kappa shape index (κ3) is 2.89. The second-order valence-corrected chi connectivity index (χ2v) is 6.01. The van der Waals surface area contributed by atoms with Crippen LogP contribution in [-0.4, -0.2) is 16.2 Å². The largest absolute Gasteiger partial charge is 0.325 e. The van der Waals surface area contributed by atoms with Crippen LogP contribution in [-0.2, 0) is 0 Å². The van der Waals surface area contributed by atoms with Gasteiger partial charge in [-0.2, -0.15) is 5.10 Å². The fraction of sp³-hybridized carbons (Fsp3) is 0.0769. The number of anilines is 1.